The molecular weight excluding hydrogens is 282 g/mol. The quantitative estimate of drug-likeness (QED) is 0.729. The summed E-state index contributed by atoms with van der Waals surface area (Å²) in [5.74, 6) is 0.961. The number of methoxy groups -OCH3 is 1. The van der Waals surface area contributed by atoms with Crippen LogP contribution in [0.2, 0.25) is 0 Å². The van der Waals surface area contributed by atoms with Crippen molar-refractivity contribution in [1.29, 1.82) is 0 Å². The maximum Gasteiger partial charge on any atom is 0.125 e. The summed E-state index contributed by atoms with van der Waals surface area (Å²) in [7, 11) is 1.76. The number of rotatable bonds is 6. The fourth-order valence-corrected chi connectivity index (χ4v) is 3.40. The number of benzene rings is 2. The molecule has 0 heterocycles. The van der Waals surface area contributed by atoms with Crippen molar-refractivity contribution in [3.05, 3.63) is 59.2 Å². The average Bonchev–Trinajstić information content (AvgIpc) is 2.56. The van der Waals surface area contributed by atoms with Crippen molar-refractivity contribution in [2.45, 2.75) is 40.0 Å². The van der Waals surface area contributed by atoms with E-state index in [2.05, 4.69) is 82.0 Å². The van der Waals surface area contributed by atoms with E-state index >= 15 is 0 Å². The standard InChI is InChI=1S/C21H29NO/c1-7-22(8-2)17-13-14-19(20(15-17)23-6)21(4,5)18-12-10-9-11-16(18)3/h9-15H,7-8H2,1-6H3. The summed E-state index contributed by atoms with van der Waals surface area (Å²) in [5, 5.41) is 0. The minimum absolute atomic E-state index is 0.0987. The van der Waals surface area contributed by atoms with Crippen LogP contribution in [0.1, 0.15) is 44.4 Å². The molecule has 0 aliphatic heterocycles. The van der Waals surface area contributed by atoms with Gasteiger partial charge in [-0.1, -0.05) is 44.2 Å². The van der Waals surface area contributed by atoms with Crippen LogP contribution >= 0.6 is 0 Å². The normalized spacial score (nSPS) is 11.4. The largest absolute Gasteiger partial charge is 0.496 e. The van der Waals surface area contributed by atoms with E-state index in [1.807, 2.05) is 0 Å². The summed E-state index contributed by atoms with van der Waals surface area (Å²) < 4.78 is 5.75. The summed E-state index contributed by atoms with van der Waals surface area (Å²) in [6.07, 6.45) is 0. The van der Waals surface area contributed by atoms with Crippen molar-refractivity contribution < 1.29 is 4.74 Å². The van der Waals surface area contributed by atoms with Gasteiger partial charge in [0.05, 0.1) is 7.11 Å². The van der Waals surface area contributed by atoms with E-state index < -0.39 is 0 Å². The molecule has 0 bridgehead atoms. The van der Waals surface area contributed by atoms with E-state index in [0.29, 0.717) is 0 Å². The minimum atomic E-state index is -0.0987. The molecule has 23 heavy (non-hydrogen) atoms. The van der Waals surface area contributed by atoms with E-state index in [0.717, 1.165) is 18.8 Å². The molecule has 2 heteroatoms. The molecule has 0 fully saturated rings. The molecule has 2 aromatic carbocycles. The van der Waals surface area contributed by atoms with Crippen molar-refractivity contribution in [2.75, 3.05) is 25.1 Å². The van der Waals surface area contributed by atoms with Crippen molar-refractivity contribution in [3.8, 4) is 5.75 Å². The van der Waals surface area contributed by atoms with Gasteiger partial charge in [-0.2, -0.15) is 0 Å². The van der Waals surface area contributed by atoms with E-state index in [1.165, 1.54) is 22.4 Å². The lowest BCUT2D eigenvalue weighted by molar-refractivity contribution is 0.401. The van der Waals surface area contributed by atoms with Crippen LogP contribution in [-0.2, 0) is 5.41 Å². The maximum absolute atomic E-state index is 5.75. The van der Waals surface area contributed by atoms with Gasteiger partial charge in [-0.05, 0) is 38.0 Å². The van der Waals surface area contributed by atoms with Crippen molar-refractivity contribution in [1.82, 2.24) is 0 Å². The zero-order valence-corrected chi connectivity index (χ0v) is 15.3. The predicted molar refractivity (Wildman–Crippen MR) is 99.9 cm³/mol. The Morgan fingerprint density at radius 2 is 1.61 bits per heavy atom. The Kier molecular flexibility index (Phi) is 5.35. The van der Waals surface area contributed by atoms with Crippen LogP contribution in [0.4, 0.5) is 5.69 Å². The summed E-state index contributed by atoms with van der Waals surface area (Å²) in [6.45, 7) is 13.1. The van der Waals surface area contributed by atoms with Gasteiger partial charge in [0.25, 0.3) is 0 Å². The van der Waals surface area contributed by atoms with Gasteiger partial charge in [0.1, 0.15) is 5.75 Å². The van der Waals surface area contributed by atoms with Crippen LogP contribution in [-0.4, -0.2) is 20.2 Å². The van der Waals surface area contributed by atoms with Crippen molar-refractivity contribution >= 4 is 5.69 Å². The second-order valence-corrected chi connectivity index (χ2v) is 6.50. The Hall–Kier alpha value is -1.96. The molecule has 0 unspecified atom stereocenters. The molecule has 0 amide bonds. The van der Waals surface area contributed by atoms with E-state index in [1.54, 1.807) is 7.11 Å². The second-order valence-electron chi connectivity index (χ2n) is 6.50. The molecule has 0 aromatic heterocycles. The Bertz CT molecular complexity index is 657. The Balaban J connectivity index is 2.52. The molecular formula is C21H29NO. The van der Waals surface area contributed by atoms with Gasteiger partial charge in [0.15, 0.2) is 0 Å². The van der Waals surface area contributed by atoms with Gasteiger partial charge >= 0.3 is 0 Å². The summed E-state index contributed by atoms with van der Waals surface area (Å²) in [6, 6.07) is 15.2. The molecule has 124 valence electrons. The van der Waals surface area contributed by atoms with Gasteiger partial charge in [0, 0.05) is 35.8 Å². The molecule has 0 spiro atoms. The number of hydrogen-bond acceptors (Lipinski definition) is 2. The van der Waals surface area contributed by atoms with Crippen LogP contribution in [0.5, 0.6) is 5.75 Å². The van der Waals surface area contributed by atoms with E-state index in [4.69, 9.17) is 4.74 Å². The Morgan fingerprint density at radius 1 is 0.957 bits per heavy atom. The first-order valence-electron chi connectivity index (χ1n) is 8.45. The van der Waals surface area contributed by atoms with Gasteiger partial charge in [-0.3, -0.25) is 0 Å². The number of hydrogen-bond donors (Lipinski definition) is 0. The third-order valence-corrected chi connectivity index (χ3v) is 4.81. The fourth-order valence-electron chi connectivity index (χ4n) is 3.40. The van der Waals surface area contributed by atoms with E-state index in [9.17, 15) is 0 Å². The highest BCUT2D eigenvalue weighted by molar-refractivity contribution is 5.57. The van der Waals surface area contributed by atoms with Crippen molar-refractivity contribution in [2.24, 2.45) is 0 Å². The molecule has 0 saturated carbocycles. The zero-order valence-electron chi connectivity index (χ0n) is 15.3. The zero-order chi connectivity index (χ0) is 17.0. The van der Waals surface area contributed by atoms with Gasteiger partial charge < -0.3 is 9.64 Å². The molecule has 0 aliphatic carbocycles. The van der Waals surface area contributed by atoms with Crippen LogP contribution in [0.15, 0.2) is 42.5 Å². The van der Waals surface area contributed by atoms with Gasteiger partial charge in [-0.25, -0.2) is 0 Å². The summed E-state index contributed by atoms with van der Waals surface area (Å²) in [4.78, 5) is 2.34. The molecule has 2 rings (SSSR count). The molecule has 2 nitrogen and oxygen atoms in total. The number of anilines is 1. The van der Waals surface area contributed by atoms with Crippen LogP contribution in [0.25, 0.3) is 0 Å². The SMILES string of the molecule is CCN(CC)c1ccc(C(C)(C)c2ccccc2C)c(OC)c1. The molecule has 0 N–H and O–H groups in total. The monoisotopic (exact) mass is 311 g/mol. The second kappa shape index (κ2) is 7.08. The highest BCUT2D eigenvalue weighted by Crippen LogP contribution is 2.40. The molecule has 0 atom stereocenters. The van der Waals surface area contributed by atoms with Gasteiger partial charge in [0.2, 0.25) is 0 Å². The molecule has 2 aromatic rings. The topological polar surface area (TPSA) is 12.5 Å². The first kappa shape index (κ1) is 17.4. The first-order valence-corrected chi connectivity index (χ1v) is 8.45. The predicted octanol–water partition coefficient (Wildman–Crippen LogP) is 5.18. The summed E-state index contributed by atoms with van der Waals surface area (Å²) >= 11 is 0. The third kappa shape index (κ3) is 3.36. The highest BCUT2D eigenvalue weighted by Gasteiger charge is 2.28. The molecule has 0 saturated heterocycles. The maximum atomic E-state index is 5.75. The Labute approximate surface area is 141 Å². The van der Waals surface area contributed by atoms with Crippen LogP contribution < -0.4 is 9.64 Å². The lowest BCUT2D eigenvalue weighted by atomic mass is 9.76. The highest BCUT2D eigenvalue weighted by atomic mass is 16.5. The molecule has 0 radical (unpaired) electrons. The number of nitrogens with zero attached hydrogens (tertiary/aromatic N) is 1. The number of ether oxygens (including phenoxy) is 1. The first-order chi connectivity index (χ1) is 11.0. The minimum Gasteiger partial charge on any atom is -0.496 e. The molecule has 0 aliphatic rings. The fraction of sp³-hybridized carbons (Fsp3) is 0.429. The lowest BCUT2D eigenvalue weighted by Gasteiger charge is -2.31. The number of aryl methyl sites for hydroxylation is 1. The van der Waals surface area contributed by atoms with E-state index in [-0.39, 0.29) is 5.41 Å². The Morgan fingerprint density at radius 3 is 2.17 bits per heavy atom. The van der Waals surface area contributed by atoms with Crippen LogP contribution in [0, 0.1) is 6.92 Å². The van der Waals surface area contributed by atoms with Gasteiger partial charge in [-0.15, -0.1) is 0 Å². The van der Waals surface area contributed by atoms with Crippen molar-refractivity contribution in [3.63, 3.8) is 0 Å². The third-order valence-electron chi connectivity index (χ3n) is 4.81. The summed E-state index contributed by atoms with van der Waals surface area (Å²) in [5.41, 5.74) is 5.00. The smallest absolute Gasteiger partial charge is 0.125 e. The average molecular weight is 311 g/mol. The lowest BCUT2D eigenvalue weighted by Crippen LogP contribution is -2.24. The van der Waals surface area contributed by atoms with Crippen LogP contribution in [0.3, 0.4) is 0 Å².